The third-order valence-corrected chi connectivity index (χ3v) is 5.42. The number of pyridine rings is 1. The molecule has 0 unspecified atom stereocenters. The first kappa shape index (κ1) is 15.5. The van der Waals surface area contributed by atoms with E-state index in [2.05, 4.69) is 35.4 Å². The van der Waals surface area contributed by atoms with E-state index in [1.165, 1.54) is 18.4 Å². The van der Waals surface area contributed by atoms with Crippen LogP contribution in [0, 0.1) is 5.92 Å². The van der Waals surface area contributed by atoms with E-state index in [0.29, 0.717) is 5.92 Å². The largest absolute Gasteiger partial charge is 0.497 e. The summed E-state index contributed by atoms with van der Waals surface area (Å²) in [5, 5.41) is 3.44. The number of fused-ring (bicyclic) bond motifs is 1. The second-order valence-corrected chi connectivity index (χ2v) is 7.02. The Kier molecular flexibility index (Phi) is 3.93. The van der Waals surface area contributed by atoms with Crippen LogP contribution in [0.2, 0.25) is 0 Å². The zero-order valence-electron chi connectivity index (χ0n) is 14.3. The quantitative estimate of drug-likeness (QED) is 0.939. The van der Waals surface area contributed by atoms with Crippen molar-refractivity contribution >= 4 is 0 Å². The Morgan fingerprint density at radius 1 is 1.21 bits per heavy atom. The van der Waals surface area contributed by atoms with Gasteiger partial charge in [0.05, 0.1) is 19.0 Å². The summed E-state index contributed by atoms with van der Waals surface area (Å²) in [5.41, 5.74) is 3.28. The number of aromatic nitrogens is 1. The number of nitrogens with one attached hydrogen (secondary N) is 1. The van der Waals surface area contributed by atoms with E-state index in [9.17, 15) is 0 Å². The number of hydrogen-bond donors (Lipinski definition) is 1. The summed E-state index contributed by atoms with van der Waals surface area (Å²) < 4.78 is 11.6. The van der Waals surface area contributed by atoms with Crippen molar-refractivity contribution in [1.82, 2.24) is 10.3 Å². The highest BCUT2D eigenvalue weighted by atomic mass is 16.5. The van der Waals surface area contributed by atoms with E-state index in [4.69, 9.17) is 9.47 Å². The van der Waals surface area contributed by atoms with Gasteiger partial charge in [-0.25, -0.2) is 0 Å². The number of nitrogens with zero attached hydrogens (tertiary/aromatic N) is 1. The number of piperidine rings is 1. The third kappa shape index (κ3) is 2.75. The fourth-order valence-electron chi connectivity index (χ4n) is 3.96. The minimum Gasteiger partial charge on any atom is -0.497 e. The van der Waals surface area contributed by atoms with E-state index in [1.54, 1.807) is 7.11 Å². The highest BCUT2D eigenvalue weighted by Crippen LogP contribution is 2.42. The van der Waals surface area contributed by atoms with E-state index >= 15 is 0 Å². The molecule has 0 spiro atoms. The van der Waals surface area contributed by atoms with Crippen molar-refractivity contribution in [3.05, 3.63) is 42.1 Å². The monoisotopic (exact) mass is 324 g/mol. The Morgan fingerprint density at radius 2 is 1.96 bits per heavy atom. The summed E-state index contributed by atoms with van der Waals surface area (Å²) in [6, 6.07) is 10.2. The number of rotatable bonds is 3. The molecule has 24 heavy (non-hydrogen) atoms. The molecule has 4 heteroatoms. The smallest absolute Gasteiger partial charge is 0.141 e. The molecule has 2 aromatic rings. The van der Waals surface area contributed by atoms with Crippen LogP contribution in [0.4, 0.5) is 0 Å². The summed E-state index contributed by atoms with van der Waals surface area (Å²) in [5.74, 6) is 2.42. The fraction of sp³-hybridized carbons (Fsp3) is 0.450. The molecule has 1 atom stereocenters. The van der Waals surface area contributed by atoms with Crippen molar-refractivity contribution in [3.8, 4) is 22.8 Å². The first-order valence-electron chi connectivity index (χ1n) is 8.71. The summed E-state index contributed by atoms with van der Waals surface area (Å²) in [6.07, 6.45) is 5.23. The Balaban J connectivity index is 1.58. The molecule has 126 valence electrons. The van der Waals surface area contributed by atoms with Crippen molar-refractivity contribution in [3.63, 3.8) is 0 Å². The maximum atomic E-state index is 6.35. The lowest BCUT2D eigenvalue weighted by atomic mass is 9.79. The first-order valence-corrected chi connectivity index (χ1v) is 8.71. The molecule has 1 aromatic carbocycles. The van der Waals surface area contributed by atoms with Crippen LogP contribution in [0.25, 0.3) is 11.3 Å². The lowest BCUT2D eigenvalue weighted by molar-refractivity contribution is 0.0317. The van der Waals surface area contributed by atoms with Gasteiger partial charge in [0, 0.05) is 23.5 Å². The van der Waals surface area contributed by atoms with Crippen LogP contribution in [0.5, 0.6) is 11.5 Å². The lowest BCUT2D eigenvalue weighted by Crippen LogP contribution is -2.44. The molecule has 1 N–H and O–H groups in total. The molecule has 3 heterocycles. The number of hydrogen-bond acceptors (Lipinski definition) is 4. The minimum atomic E-state index is -0.0926. The van der Waals surface area contributed by atoms with Gasteiger partial charge >= 0.3 is 0 Å². The molecule has 4 rings (SSSR count). The average Bonchev–Trinajstić information content (AvgIpc) is 2.99. The van der Waals surface area contributed by atoms with Crippen LogP contribution < -0.4 is 14.8 Å². The Bertz CT molecular complexity index is 723. The summed E-state index contributed by atoms with van der Waals surface area (Å²) >= 11 is 0. The maximum Gasteiger partial charge on any atom is 0.141 e. The predicted octanol–water partition coefficient (Wildman–Crippen LogP) is 3.45. The van der Waals surface area contributed by atoms with Crippen molar-refractivity contribution in [2.45, 2.75) is 31.8 Å². The third-order valence-electron chi connectivity index (χ3n) is 5.42. The Morgan fingerprint density at radius 3 is 2.67 bits per heavy atom. The van der Waals surface area contributed by atoms with E-state index in [-0.39, 0.29) is 5.60 Å². The van der Waals surface area contributed by atoms with Crippen molar-refractivity contribution < 1.29 is 9.47 Å². The molecule has 1 aromatic heterocycles. The predicted molar refractivity (Wildman–Crippen MR) is 94.6 cm³/mol. The van der Waals surface area contributed by atoms with Crippen LogP contribution >= 0.6 is 0 Å². The second kappa shape index (κ2) is 6.10. The Labute approximate surface area is 143 Å². The molecule has 2 aliphatic heterocycles. The normalized spacial score (nSPS) is 23.6. The van der Waals surface area contributed by atoms with Crippen molar-refractivity contribution in [1.29, 1.82) is 0 Å². The summed E-state index contributed by atoms with van der Waals surface area (Å²) in [4.78, 5) is 4.61. The zero-order chi connectivity index (χ0) is 16.6. The first-order chi connectivity index (χ1) is 11.7. The molecule has 0 aliphatic carbocycles. The molecule has 0 amide bonds. The van der Waals surface area contributed by atoms with Crippen LogP contribution in [-0.2, 0) is 6.42 Å². The van der Waals surface area contributed by atoms with Crippen LogP contribution in [0.15, 0.2) is 36.5 Å². The molecule has 1 fully saturated rings. The van der Waals surface area contributed by atoms with E-state index in [1.807, 2.05) is 18.3 Å². The summed E-state index contributed by atoms with van der Waals surface area (Å²) in [7, 11) is 1.68. The number of ether oxygens (including phenoxy) is 2. The van der Waals surface area contributed by atoms with Gasteiger partial charge in [0.25, 0.3) is 0 Å². The van der Waals surface area contributed by atoms with Crippen LogP contribution in [0.1, 0.15) is 25.3 Å². The van der Waals surface area contributed by atoms with Gasteiger partial charge in [0.15, 0.2) is 0 Å². The molecule has 1 saturated heterocycles. The van der Waals surface area contributed by atoms with Crippen LogP contribution in [0.3, 0.4) is 0 Å². The van der Waals surface area contributed by atoms with Gasteiger partial charge in [-0.05, 0) is 63.2 Å². The van der Waals surface area contributed by atoms with Crippen molar-refractivity contribution in [2.24, 2.45) is 5.92 Å². The van der Waals surface area contributed by atoms with Crippen LogP contribution in [-0.4, -0.2) is 30.8 Å². The SMILES string of the molecule is COc1ccc(-c2cc3c(cn2)O[C@@](C)(C2CCNCC2)C3)cc1. The van der Waals surface area contributed by atoms with Gasteiger partial charge in [0.2, 0.25) is 0 Å². The molecule has 0 radical (unpaired) electrons. The average molecular weight is 324 g/mol. The maximum absolute atomic E-state index is 6.35. The minimum absolute atomic E-state index is 0.0926. The highest BCUT2D eigenvalue weighted by Gasteiger charge is 2.42. The van der Waals surface area contributed by atoms with Gasteiger partial charge in [-0.1, -0.05) is 0 Å². The van der Waals surface area contributed by atoms with Gasteiger partial charge in [-0.15, -0.1) is 0 Å². The number of methoxy groups -OCH3 is 1. The fourth-order valence-corrected chi connectivity index (χ4v) is 3.96. The second-order valence-electron chi connectivity index (χ2n) is 7.02. The zero-order valence-corrected chi connectivity index (χ0v) is 14.3. The van der Waals surface area contributed by atoms with Gasteiger partial charge in [-0.2, -0.15) is 0 Å². The lowest BCUT2D eigenvalue weighted by Gasteiger charge is -2.36. The molecule has 0 bridgehead atoms. The number of benzene rings is 1. The Hall–Kier alpha value is -2.07. The molecular formula is C20H24N2O2. The van der Waals surface area contributed by atoms with Gasteiger partial charge < -0.3 is 14.8 Å². The summed E-state index contributed by atoms with van der Waals surface area (Å²) in [6.45, 7) is 4.45. The molecule has 0 saturated carbocycles. The van der Waals surface area contributed by atoms with Gasteiger partial charge in [0.1, 0.15) is 17.1 Å². The topological polar surface area (TPSA) is 43.4 Å². The van der Waals surface area contributed by atoms with Gasteiger partial charge in [-0.3, -0.25) is 4.98 Å². The van der Waals surface area contributed by atoms with Crippen molar-refractivity contribution in [2.75, 3.05) is 20.2 Å². The van der Waals surface area contributed by atoms with E-state index < -0.39 is 0 Å². The molecule has 4 nitrogen and oxygen atoms in total. The molecular weight excluding hydrogens is 300 g/mol. The standard InChI is InChI=1S/C20H24N2O2/c1-20(16-7-9-21-10-8-16)12-15-11-18(22-13-19(15)24-20)14-3-5-17(23-2)6-4-14/h3-6,11,13,16,21H,7-10,12H2,1-2H3/t20-/m1/s1. The molecule has 2 aliphatic rings. The van der Waals surface area contributed by atoms with E-state index in [0.717, 1.165) is 42.3 Å². The highest BCUT2D eigenvalue weighted by molar-refractivity contribution is 5.62.